The average Bonchev–Trinajstić information content (AvgIpc) is 2.41. The summed E-state index contributed by atoms with van der Waals surface area (Å²) < 4.78 is 0.823. The smallest absolute Gasteiger partial charge is 0.275 e. The minimum atomic E-state index is -0.297. The average molecular weight is 327 g/mol. The lowest BCUT2D eigenvalue weighted by Crippen LogP contribution is -2.33. The van der Waals surface area contributed by atoms with Gasteiger partial charge >= 0.3 is 0 Å². The van der Waals surface area contributed by atoms with Gasteiger partial charge in [-0.3, -0.25) is 15.0 Å². The molecule has 0 N–H and O–H groups in total. The Labute approximate surface area is 122 Å². The molecule has 1 aliphatic carbocycles. The summed E-state index contributed by atoms with van der Waals surface area (Å²) in [4.78, 5) is 13.1. The van der Waals surface area contributed by atoms with Gasteiger partial charge in [0.2, 0.25) is 0 Å². The topological polar surface area (TPSA) is 46.4 Å². The molecular weight excluding hydrogens is 308 g/mol. The lowest BCUT2D eigenvalue weighted by atomic mass is 9.94. The van der Waals surface area contributed by atoms with Gasteiger partial charge in [0.15, 0.2) is 0 Å². The van der Waals surface area contributed by atoms with Gasteiger partial charge in [0.25, 0.3) is 5.69 Å². The predicted molar refractivity (Wildman–Crippen MR) is 79.1 cm³/mol. The quantitative estimate of drug-likeness (QED) is 0.617. The van der Waals surface area contributed by atoms with Crippen LogP contribution in [-0.2, 0) is 6.54 Å². The molecule has 2 rings (SSSR count). The molecule has 0 unspecified atom stereocenters. The maximum atomic E-state index is 11.1. The lowest BCUT2D eigenvalue weighted by Gasteiger charge is -2.31. The SMILES string of the molecule is CN(Cc1c(Br)cccc1[N+](=O)[O-])C1CCCCC1. The van der Waals surface area contributed by atoms with Gasteiger partial charge in [-0.1, -0.05) is 41.3 Å². The third-order valence-corrected chi connectivity index (χ3v) is 4.64. The zero-order valence-electron chi connectivity index (χ0n) is 11.1. The Kier molecular flexibility index (Phi) is 4.93. The number of hydrogen-bond acceptors (Lipinski definition) is 3. The van der Waals surface area contributed by atoms with Crippen molar-refractivity contribution >= 4 is 21.6 Å². The van der Waals surface area contributed by atoms with Crippen LogP contribution >= 0.6 is 15.9 Å². The summed E-state index contributed by atoms with van der Waals surface area (Å²) in [7, 11) is 2.07. The van der Waals surface area contributed by atoms with Crippen LogP contribution < -0.4 is 0 Å². The Morgan fingerprint density at radius 3 is 2.68 bits per heavy atom. The van der Waals surface area contributed by atoms with Crippen molar-refractivity contribution in [1.29, 1.82) is 0 Å². The molecule has 0 saturated heterocycles. The zero-order valence-corrected chi connectivity index (χ0v) is 12.7. The predicted octanol–water partition coefficient (Wildman–Crippen LogP) is 4.12. The van der Waals surface area contributed by atoms with E-state index in [4.69, 9.17) is 0 Å². The maximum Gasteiger partial charge on any atom is 0.275 e. The van der Waals surface area contributed by atoms with Crippen molar-refractivity contribution in [2.24, 2.45) is 0 Å². The van der Waals surface area contributed by atoms with Gasteiger partial charge in [-0.05, 0) is 26.0 Å². The normalized spacial score (nSPS) is 16.8. The first-order valence-corrected chi connectivity index (χ1v) is 7.51. The van der Waals surface area contributed by atoms with Crippen LogP contribution in [0.25, 0.3) is 0 Å². The highest BCUT2D eigenvalue weighted by molar-refractivity contribution is 9.10. The Hall–Kier alpha value is -0.940. The number of halogens is 1. The van der Waals surface area contributed by atoms with Gasteiger partial charge in [-0.15, -0.1) is 0 Å². The highest BCUT2D eigenvalue weighted by Crippen LogP contribution is 2.30. The van der Waals surface area contributed by atoms with Gasteiger partial charge < -0.3 is 0 Å². The summed E-state index contributed by atoms with van der Waals surface area (Å²) in [5.74, 6) is 0. The number of rotatable bonds is 4. The van der Waals surface area contributed by atoms with Crippen molar-refractivity contribution in [3.8, 4) is 0 Å². The molecule has 104 valence electrons. The van der Waals surface area contributed by atoms with E-state index in [-0.39, 0.29) is 10.6 Å². The second-order valence-electron chi connectivity index (χ2n) is 5.20. The van der Waals surface area contributed by atoms with Crippen LogP contribution in [-0.4, -0.2) is 22.9 Å². The number of nitro groups is 1. The minimum Gasteiger partial charge on any atom is -0.299 e. The van der Waals surface area contributed by atoms with E-state index in [0.717, 1.165) is 10.0 Å². The molecule has 0 aliphatic heterocycles. The molecule has 4 nitrogen and oxygen atoms in total. The van der Waals surface area contributed by atoms with Crippen LogP contribution in [0, 0.1) is 10.1 Å². The molecule has 1 fully saturated rings. The Balaban J connectivity index is 2.15. The number of nitro benzene ring substituents is 1. The van der Waals surface area contributed by atoms with Crippen LogP contribution in [0.4, 0.5) is 5.69 Å². The summed E-state index contributed by atoms with van der Waals surface area (Å²) >= 11 is 3.44. The van der Waals surface area contributed by atoms with E-state index in [1.807, 2.05) is 6.07 Å². The number of nitrogens with zero attached hydrogens (tertiary/aromatic N) is 2. The van der Waals surface area contributed by atoms with Gasteiger partial charge in [-0.25, -0.2) is 0 Å². The van der Waals surface area contributed by atoms with Gasteiger partial charge in [-0.2, -0.15) is 0 Å². The van der Waals surface area contributed by atoms with Crippen LogP contribution in [0.1, 0.15) is 37.7 Å². The molecule has 1 aliphatic rings. The van der Waals surface area contributed by atoms with Crippen molar-refractivity contribution in [1.82, 2.24) is 4.90 Å². The molecule has 1 aromatic carbocycles. The van der Waals surface area contributed by atoms with Gasteiger partial charge in [0.1, 0.15) is 0 Å². The second-order valence-corrected chi connectivity index (χ2v) is 6.06. The summed E-state index contributed by atoms with van der Waals surface area (Å²) in [5, 5.41) is 11.1. The summed E-state index contributed by atoms with van der Waals surface area (Å²) in [6.07, 6.45) is 6.27. The van der Waals surface area contributed by atoms with Crippen LogP contribution in [0.15, 0.2) is 22.7 Å². The van der Waals surface area contributed by atoms with E-state index in [1.165, 1.54) is 32.1 Å². The fraction of sp³-hybridized carbons (Fsp3) is 0.571. The maximum absolute atomic E-state index is 11.1. The first kappa shape index (κ1) is 14.5. The van der Waals surface area contributed by atoms with Crippen molar-refractivity contribution in [3.05, 3.63) is 38.3 Å². The van der Waals surface area contributed by atoms with Gasteiger partial charge in [0.05, 0.1) is 10.5 Å². The Morgan fingerprint density at radius 1 is 1.37 bits per heavy atom. The number of hydrogen-bond donors (Lipinski definition) is 0. The monoisotopic (exact) mass is 326 g/mol. The standard InChI is InChI=1S/C14H19BrN2O2/c1-16(11-6-3-2-4-7-11)10-12-13(15)8-5-9-14(12)17(18)19/h5,8-9,11H,2-4,6-7,10H2,1H3. The second kappa shape index (κ2) is 6.48. The van der Waals surface area contributed by atoms with E-state index in [0.29, 0.717) is 12.6 Å². The highest BCUT2D eigenvalue weighted by Gasteiger charge is 2.22. The van der Waals surface area contributed by atoms with E-state index >= 15 is 0 Å². The minimum absolute atomic E-state index is 0.206. The Morgan fingerprint density at radius 2 is 2.05 bits per heavy atom. The van der Waals surface area contributed by atoms with Crippen LogP contribution in [0.2, 0.25) is 0 Å². The fourth-order valence-electron chi connectivity index (χ4n) is 2.78. The molecule has 0 atom stereocenters. The fourth-order valence-corrected chi connectivity index (χ4v) is 3.26. The zero-order chi connectivity index (χ0) is 13.8. The summed E-state index contributed by atoms with van der Waals surface area (Å²) in [6, 6.07) is 5.72. The number of benzene rings is 1. The first-order chi connectivity index (χ1) is 9.09. The summed E-state index contributed by atoms with van der Waals surface area (Å²) in [5.41, 5.74) is 0.984. The van der Waals surface area contributed by atoms with E-state index in [9.17, 15) is 10.1 Å². The van der Waals surface area contributed by atoms with Crippen molar-refractivity contribution < 1.29 is 4.92 Å². The molecule has 0 spiro atoms. The molecule has 0 amide bonds. The Bertz CT molecular complexity index is 459. The molecule has 5 heteroatoms. The molecule has 0 aromatic heterocycles. The molecule has 19 heavy (non-hydrogen) atoms. The van der Waals surface area contributed by atoms with E-state index in [2.05, 4.69) is 27.9 Å². The van der Waals surface area contributed by atoms with Crippen molar-refractivity contribution in [2.45, 2.75) is 44.7 Å². The molecule has 0 bridgehead atoms. The van der Waals surface area contributed by atoms with Crippen LogP contribution in [0.5, 0.6) is 0 Å². The van der Waals surface area contributed by atoms with Gasteiger partial charge in [0, 0.05) is 23.1 Å². The molecule has 1 saturated carbocycles. The third kappa shape index (κ3) is 3.54. The van der Waals surface area contributed by atoms with Crippen LogP contribution in [0.3, 0.4) is 0 Å². The first-order valence-electron chi connectivity index (χ1n) is 6.71. The van der Waals surface area contributed by atoms with E-state index in [1.54, 1.807) is 12.1 Å². The third-order valence-electron chi connectivity index (χ3n) is 3.90. The highest BCUT2D eigenvalue weighted by atomic mass is 79.9. The van der Waals surface area contributed by atoms with Crippen molar-refractivity contribution in [2.75, 3.05) is 7.05 Å². The largest absolute Gasteiger partial charge is 0.299 e. The molecule has 1 aromatic rings. The van der Waals surface area contributed by atoms with Crippen molar-refractivity contribution in [3.63, 3.8) is 0 Å². The molecule has 0 radical (unpaired) electrons. The van der Waals surface area contributed by atoms with E-state index < -0.39 is 0 Å². The molecular formula is C14H19BrN2O2. The lowest BCUT2D eigenvalue weighted by molar-refractivity contribution is -0.385. The summed E-state index contributed by atoms with van der Waals surface area (Å²) in [6.45, 7) is 0.627. The molecule has 0 heterocycles.